The summed E-state index contributed by atoms with van der Waals surface area (Å²) in [5.41, 5.74) is 4.69. The first-order chi connectivity index (χ1) is 11.6. The molecule has 0 atom stereocenters. The molecule has 2 rings (SSSR count). The van der Waals surface area contributed by atoms with Crippen LogP contribution in [0, 0.1) is 0 Å². The molecule has 1 heterocycles. The summed E-state index contributed by atoms with van der Waals surface area (Å²) in [6, 6.07) is 9.83. The van der Waals surface area contributed by atoms with E-state index in [4.69, 9.17) is 26.1 Å². The monoisotopic (exact) mass is 349 g/mol. The third-order valence-electron chi connectivity index (χ3n) is 2.72. The second kappa shape index (κ2) is 8.53. The van der Waals surface area contributed by atoms with Crippen molar-refractivity contribution in [3.05, 3.63) is 48.4 Å². The van der Waals surface area contributed by atoms with Crippen LogP contribution in [0.2, 0.25) is 0 Å². The Labute approximate surface area is 143 Å². The lowest BCUT2D eigenvalue weighted by atomic mass is 10.3. The van der Waals surface area contributed by atoms with Gasteiger partial charge in [-0.3, -0.25) is 25.8 Å². The molecule has 0 fully saturated rings. The summed E-state index contributed by atoms with van der Waals surface area (Å²) in [4.78, 5) is 23.3. The maximum Gasteiger partial charge on any atom is 0.293 e. The second-order valence-electron chi connectivity index (χ2n) is 4.40. The summed E-state index contributed by atoms with van der Waals surface area (Å²) in [6.45, 7) is -0.228. The summed E-state index contributed by atoms with van der Waals surface area (Å²) in [6.07, 6.45) is 1.36. The molecule has 0 radical (unpaired) electrons. The number of carbonyl (C=O) groups excluding carboxylic acids is 2. The zero-order chi connectivity index (χ0) is 17.4. The predicted octanol–water partition coefficient (Wildman–Crippen LogP) is 1.00. The van der Waals surface area contributed by atoms with Gasteiger partial charge in [-0.05, 0) is 48.6 Å². The third-order valence-corrected chi connectivity index (χ3v) is 2.92. The van der Waals surface area contributed by atoms with Crippen molar-refractivity contribution in [3.63, 3.8) is 0 Å². The number of nitrogens with one attached hydrogen (secondary N) is 3. The lowest BCUT2D eigenvalue weighted by Gasteiger charge is -2.11. The molecule has 126 valence electrons. The van der Waals surface area contributed by atoms with Crippen LogP contribution in [0.25, 0.3) is 0 Å². The van der Waals surface area contributed by atoms with Gasteiger partial charge >= 0.3 is 0 Å². The summed E-state index contributed by atoms with van der Waals surface area (Å²) in [5, 5.41) is 2.27. The van der Waals surface area contributed by atoms with Gasteiger partial charge < -0.3 is 13.9 Å². The topological polar surface area (TPSA) is 102 Å². The van der Waals surface area contributed by atoms with E-state index in [-0.39, 0.29) is 17.5 Å². The lowest BCUT2D eigenvalue weighted by Crippen LogP contribution is -2.49. The lowest BCUT2D eigenvalue weighted by molar-refractivity contribution is -0.123. The molecule has 0 aliphatic heterocycles. The van der Waals surface area contributed by atoms with Crippen LogP contribution in [0.1, 0.15) is 10.6 Å². The molecule has 9 heteroatoms. The highest BCUT2D eigenvalue weighted by Gasteiger charge is 2.10. The van der Waals surface area contributed by atoms with E-state index in [1.165, 1.54) is 12.3 Å². The normalized spacial score (nSPS) is 9.71. The van der Waals surface area contributed by atoms with Gasteiger partial charge in [0.2, 0.25) is 0 Å². The van der Waals surface area contributed by atoms with E-state index < -0.39 is 11.8 Å². The van der Waals surface area contributed by atoms with Crippen LogP contribution in [0.15, 0.2) is 47.1 Å². The van der Waals surface area contributed by atoms with E-state index in [9.17, 15) is 9.59 Å². The molecule has 24 heavy (non-hydrogen) atoms. The molecular weight excluding hydrogens is 334 g/mol. The zero-order valence-corrected chi connectivity index (χ0v) is 13.5. The van der Waals surface area contributed by atoms with Crippen molar-refractivity contribution in [1.82, 2.24) is 16.2 Å². The Hall–Kier alpha value is -3.07. The number of furan rings is 1. The van der Waals surface area contributed by atoms with Gasteiger partial charge in [0.15, 0.2) is 17.5 Å². The Morgan fingerprint density at radius 2 is 1.83 bits per heavy atom. The standard InChI is InChI=1S/C15H15N3O5S/c1-21-10-4-6-11(7-5-10)23-9-13(19)17-18-15(24)16-14(20)12-3-2-8-22-12/h2-8H,9H2,1H3,(H,17,19)(H2,16,18,20,24). The first-order valence-corrected chi connectivity index (χ1v) is 7.20. The molecule has 0 spiro atoms. The Balaban J connectivity index is 1.68. The van der Waals surface area contributed by atoms with E-state index >= 15 is 0 Å². The highest BCUT2D eigenvalue weighted by Crippen LogP contribution is 2.16. The van der Waals surface area contributed by atoms with Crippen molar-refractivity contribution < 1.29 is 23.5 Å². The number of benzene rings is 1. The quantitative estimate of drug-likeness (QED) is 0.547. The smallest absolute Gasteiger partial charge is 0.293 e. The van der Waals surface area contributed by atoms with Crippen LogP contribution in [0.3, 0.4) is 0 Å². The fourth-order valence-corrected chi connectivity index (χ4v) is 1.73. The molecule has 0 aliphatic rings. The minimum absolute atomic E-state index is 0.0748. The van der Waals surface area contributed by atoms with Crippen molar-refractivity contribution in [1.29, 1.82) is 0 Å². The van der Waals surface area contributed by atoms with Gasteiger partial charge in [-0.2, -0.15) is 0 Å². The Morgan fingerprint density at radius 1 is 1.12 bits per heavy atom. The van der Waals surface area contributed by atoms with Crippen LogP contribution in [0.5, 0.6) is 11.5 Å². The first kappa shape index (κ1) is 17.3. The Kier molecular flexibility index (Phi) is 6.15. The van der Waals surface area contributed by atoms with Gasteiger partial charge in [0.05, 0.1) is 13.4 Å². The fourth-order valence-electron chi connectivity index (χ4n) is 1.59. The number of hydrogen-bond acceptors (Lipinski definition) is 6. The summed E-state index contributed by atoms with van der Waals surface area (Å²) >= 11 is 4.87. The first-order valence-electron chi connectivity index (χ1n) is 6.79. The van der Waals surface area contributed by atoms with E-state index in [1.54, 1.807) is 37.4 Å². The SMILES string of the molecule is COc1ccc(OCC(=O)NNC(=S)NC(=O)c2ccco2)cc1. The maximum absolute atomic E-state index is 11.6. The second-order valence-corrected chi connectivity index (χ2v) is 4.81. The summed E-state index contributed by atoms with van der Waals surface area (Å²) in [5.74, 6) is 0.306. The van der Waals surface area contributed by atoms with Crippen LogP contribution < -0.4 is 25.6 Å². The minimum atomic E-state index is -0.527. The number of thiocarbonyl (C=S) groups is 1. The van der Waals surface area contributed by atoms with E-state index in [1.807, 2.05) is 0 Å². The van der Waals surface area contributed by atoms with Crippen molar-refractivity contribution in [3.8, 4) is 11.5 Å². The molecule has 3 N–H and O–H groups in total. The molecule has 2 amide bonds. The predicted molar refractivity (Wildman–Crippen MR) is 88.5 cm³/mol. The molecular formula is C15H15N3O5S. The molecule has 0 bridgehead atoms. The van der Waals surface area contributed by atoms with Crippen LogP contribution in [-0.2, 0) is 4.79 Å². The molecule has 2 aromatic rings. The van der Waals surface area contributed by atoms with Crippen molar-refractivity contribution in [2.45, 2.75) is 0 Å². The fraction of sp³-hybridized carbons (Fsp3) is 0.133. The van der Waals surface area contributed by atoms with Gasteiger partial charge in [0.1, 0.15) is 11.5 Å². The molecule has 1 aromatic heterocycles. The largest absolute Gasteiger partial charge is 0.497 e. The molecule has 0 unspecified atom stereocenters. The average Bonchev–Trinajstić information content (AvgIpc) is 3.13. The summed E-state index contributed by atoms with van der Waals surface area (Å²) in [7, 11) is 1.56. The van der Waals surface area contributed by atoms with Gasteiger partial charge in [-0.1, -0.05) is 0 Å². The Bertz CT molecular complexity index is 700. The number of hydrazine groups is 1. The molecule has 1 aromatic carbocycles. The zero-order valence-electron chi connectivity index (χ0n) is 12.7. The van der Waals surface area contributed by atoms with Crippen LogP contribution in [0.4, 0.5) is 0 Å². The van der Waals surface area contributed by atoms with Crippen molar-refractivity contribution in [2.75, 3.05) is 13.7 Å². The number of amides is 2. The number of methoxy groups -OCH3 is 1. The van der Waals surface area contributed by atoms with Gasteiger partial charge in [-0.25, -0.2) is 0 Å². The average molecular weight is 349 g/mol. The van der Waals surface area contributed by atoms with Crippen LogP contribution in [-0.4, -0.2) is 30.6 Å². The van der Waals surface area contributed by atoms with Gasteiger partial charge in [-0.15, -0.1) is 0 Å². The molecule has 0 saturated heterocycles. The van der Waals surface area contributed by atoms with E-state index in [0.717, 1.165) is 0 Å². The van der Waals surface area contributed by atoms with E-state index in [0.29, 0.717) is 11.5 Å². The number of hydrogen-bond donors (Lipinski definition) is 3. The van der Waals surface area contributed by atoms with E-state index in [2.05, 4.69) is 16.2 Å². The molecule has 0 aliphatic carbocycles. The number of carbonyl (C=O) groups is 2. The third kappa shape index (κ3) is 5.29. The van der Waals surface area contributed by atoms with Crippen LogP contribution >= 0.6 is 12.2 Å². The number of ether oxygens (including phenoxy) is 2. The van der Waals surface area contributed by atoms with Crippen molar-refractivity contribution in [2.24, 2.45) is 0 Å². The number of rotatable bonds is 5. The molecule has 0 saturated carbocycles. The maximum atomic E-state index is 11.6. The van der Waals surface area contributed by atoms with Crippen molar-refractivity contribution >= 4 is 29.1 Å². The molecule has 8 nitrogen and oxygen atoms in total. The minimum Gasteiger partial charge on any atom is -0.497 e. The Morgan fingerprint density at radius 3 is 2.46 bits per heavy atom. The summed E-state index contributed by atoms with van der Waals surface area (Å²) < 4.78 is 15.2. The highest BCUT2D eigenvalue weighted by molar-refractivity contribution is 7.80. The van der Waals surface area contributed by atoms with Gasteiger partial charge in [0.25, 0.3) is 11.8 Å². The highest BCUT2D eigenvalue weighted by atomic mass is 32.1. The van der Waals surface area contributed by atoms with Gasteiger partial charge in [0, 0.05) is 0 Å².